The molecule has 2 saturated heterocycles. The summed E-state index contributed by atoms with van der Waals surface area (Å²) < 4.78 is 0. The standard InChI is InChI=1S/C15H31N3/c1-4-17(5-2)12-13(3)16-14-8-10-18-9-6-7-15(18)11-14/h13-16H,4-12H2,1-3H3. The molecule has 2 fully saturated rings. The van der Waals surface area contributed by atoms with Gasteiger partial charge in [0.25, 0.3) is 0 Å². The van der Waals surface area contributed by atoms with Crippen molar-refractivity contribution in [3.63, 3.8) is 0 Å². The Balaban J connectivity index is 1.72. The number of likely N-dealkylation sites (N-methyl/N-ethyl adjacent to an activating group) is 1. The van der Waals surface area contributed by atoms with Crippen molar-refractivity contribution in [3.05, 3.63) is 0 Å². The fraction of sp³-hybridized carbons (Fsp3) is 1.00. The number of nitrogens with zero attached hydrogens (tertiary/aromatic N) is 2. The maximum absolute atomic E-state index is 3.86. The van der Waals surface area contributed by atoms with Crippen LogP contribution in [-0.2, 0) is 0 Å². The fourth-order valence-electron chi connectivity index (χ4n) is 3.70. The molecule has 0 aromatic rings. The molecule has 3 heteroatoms. The van der Waals surface area contributed by atoms with Crippen LogP contribution in [0.5, 0.6) is 0 Å². The Morgan fingerprint density at radius 1 is 1.22 bits per heavy atom. The summed E-state index contributed by atoms with van der Waals surface area (Å²) >= 11 is 0. The maximum atomic E-state index is 3.86. The summed E-state index contributed by atoms with van der Waals surface area (Å²) in [5, 5.41) is 3.86. The molecular weight excluding hydrogens is 222 g/mol. The van der Waals surface area contributed by atoms with Gasteiger partial charge in [0.15, 0.2) is 0 Å². The van der Waals surface area contributed by atoms with E-state index in [1.165, 1.54) is 58.4 Å². The van der Waals surface area contributed by atoms with Gasteiger partial charge in [-0.05, 0) is 58.8 Å². The highest BCUT2D eigenvalue weighted by atomic mass is 15.2. The van der Waals surface area contributed by atoms with Gasteiger partial charge in [-0.15, -0.1) is 0 Å². The molecule has 3 nitrogen and oxygen atoms in total. The molecule has 3 unspecified atom stereocenters. The number of nitrogens with one attached hydrogen (secondary N) is 1. The lowest BCUT2D eigenvalue weighted by atomic mass is 9.97. The van der Waals surface area contributed by atoms with Crippen molar-refractivity contribution in [2.45, 2.75) is 64.6 Å². The van der Waals surface area contributed by atoms with E-state index < -0.39 is 0 Å². The molecule has 1 N–H and O–H groups in total. The average Bonchev–Trinajstić information content (AvgIpc) is 2.83. The molecule has 0 spiro atoms. The Bertz CT molecular complexity index is 240. The number of fused-ring (bicyclic) bond motifs is 1. The van der Waals surface area contributed by atoms with Crippen LogP contribution in [0.25, 0.3) is 0 Å². The van der Waals surface area contributed by atoms with Gasteiger partial charge in [0.05, 0.1) is 0 Å². The second-order valence-electron chi connectivity index (χ2n) is 6.11. The van der Waals surface area contributed by atoms with Gasteiger partial charge in [0, 0.05) is 24.7 Å². The lowest BCUT2D eigenvalue weighted by Crippen LogP contribution is -2.50. The van der Waals surface area contributed by atoms with Crippen LogP contribution in [0.15, 0.2) is 0 Å². The minimum Gasteiger partial charge on any atom is -0.310 e. The van der Waals surface area contributed by atoms with E-state index >= 15 is 0 Å². The quantitative estimate of drug-likeness (QED) is 0.780. The summed E-state index contributed by atoms with van der Waals surface area (Å²) in [5.41, 5.74) is 0. The van der Waals surface area contributed by atoms with Gasteiger partial charge in [0.1, 0.15) is 0 Å². The van der Waals surface area contributed by atoms with Crippen LogP contribution in [0, 0.1) is 0 Å². The molecule has 0 aromatic carbocycles. The predicted octanol–water partition coefficient (Wildman–Crippen LogP) is 1.93. The molecule has 0 aromatic heterocycles. The molecule has 0 radical (unpaired) electrons. The first kappa shape index (κ1) is 14.3. The molecule has 18 heavy (non-hydrogen) atoms. The third-order valence-electron chi connectivity index (χ3n) is 4.77. The van der Waals surface area contributed by atoms with E-state index in [0.29, 0.717) is 6.04 Å². The van der Waals surface area contributed by atoms with Gasteiger partial charge < -0.3 is 15.1 Å². The third kappa shape index (κ3) is 3.69. The van der Waals surface area contributed by atoms with E-state index in [9.17, 15) is 0 Å². The Morgan fingerprint density at radius 2 is 2.00 bits per heavy atom. The smallest absolute Gasteiger partial charge is 0.0169 e. The van der Waals surface area contributed by atoms with Crippen LogP contribution in [-0.4, -0.2) is 60.6 Å². The van der Waals surface area contributed by atoms with Crippen molar-refractivity contribution in [2.75, 3.05) is 32.7 Å². The second kappa shape index (κ2) is 6.88. The van der Waals surface area contributed by atoms with Gasteiger partial charge in [-0.3, -0.25) is 0 Å². The van der Waals surface area contributed by atoms with Crippen molar-refractivity contribution < 1.29 is 0 Å². The zero-order valence-corrected chi connectivity index (χ0v) is 12.5. The second-order valence-corrected chi connectivity index (χ2v) is 6.11. The lowest BCUT2D eigenvalue weighted by molar-refractivity contribution is 0.155. The highest BCUT2D eigenvalue weighted by Crippen LogP contribution is 2.26. The Morgan fingerprint density at radius 3 is 2.72 bits per heavy atom. The minimum atomic E-state index is 0.628. The monoisotopic (exact) mass is 253 g/mol. The maximum Gasteiger partial charge on any atom is 0.0169 e. The molecule has 2 heterocycles. The van der Waals surface area contributed by atoms with Crippen LogP contribution in [0.1, 0.15) is 46.5 Å². The molecule has 106 valence electrons. The van der Waals surface area contributed by atoms with E-state index in [1.54, 1.807) is 0 Å². The molecule has 2 rings (SSSR count). The Kier molecular flexibility index (Phi) is 5.46. The Labute approximate surface area is 113 Å². The van der Waals surface area contributed by atoms with E-state index in [2.05, 4.69) is 35.9 Å². The first-order chi connectivity index (χ1) is 8.72. The zero-order chi connectivity index (χ0) is 13.0. The van der Waals surface area contributed by atoms with Crippen molar-refractivity contribution in [3.8, 4) is 0 Å². The molecule has 3 atom stereocenters. The van der Waals surface area contributed by atoms with Gasteiger partial charge in [-0.1, -0.05) is 13.8 Å². The van der Waals surface area contributed by atoms with Crippen LogP contribution in [0.4, 0.5) is 0 Å². The number of hydrogen-bond donors (Lipinski definition) is 1. The van der Waals surface area contributed by atoms with Crippen LogP contribution < -0.4 is 5.32 Å². The van der Waals surface area contributed by atoms with Crippen LogP contribution in [0.2, 0.25) is 0 Å². The molecule has 2 aliphatic heterocycles. The molecule has 2 aliphatic rings. The lowest BCUT2D eigenvalue weighted by Gasteiger charge is -2.37. The van der Waals surface area contributed by atoms with Crippen molar-refractivity contribution in [2.24, 2.45) is 0 Å². The van der Waals surface area contributed by atoms with Gasteiger partial charge in [-0.25, -0.2) is 0 Å². The van der Waals surface area contributed by atoms with E-state index in [-0.39, 0.29) is 0 Å². The highest BCUT2D eigenvalue weighted by Gasteiger charge is 2.31. The molecule has 0 bridgehead atoms. The highest BCUT2D eigenvalue weighted by molar-refractivity contribution is 4.90. The van der Waals surface area contributed by atoms with Crippen LogP contribution >= 0.6 is 0 Å². The summed E-state index contributed by atoms with van der Waals surface area (Å²) in [7, 11) is 0. The summed E-state index contributed by atoms with van der Waals surface area (Å²) in [4.78, 5) is 5.22. The average molecular weight is 253 g/mol. The van der Waals surface area contributed by atoms with Crippen molar-refractivity contribution in [1.82, 2.24) is 15.1 Å². The molecule has 0 aliphatic carbocycles. The topological polar surface area (TPSA) is 18.5 Å². The Hall–Kier alpha value is -0.120. The van der Waals surface area contributed by atoms with Gasteiger partial charge in [-0.2, -0.15) is 0 Å². The normalized spacial score (nSPS) is 30.7. The van der Waals surface area contributed by atoms with Crippen LogP contribution in [0.3, 0.4) is 0 Å². The van der Waals surface area contributed by atoms with E-state index in [0.717, 1.165) is 12.1 Å². The summed E-state index contributed by atoms with van der Waals surface area (Å²) in [6.07, 6.45) is 5.58. The van der Waals surface area contributed by atoms with Gasteiger partial charge in [0.2, 0.25) is 0 Å². The largest absolute Gasteiger partial charge is 0.310 e. The molecule has 0 saturated carbocycles. The van der Waals surface area contributed by atoms with E-state index in [1.807, 2.05) is 0 Å². The van der Waals surface area contributed by atoms with Crippen molar-refractivity contribution in [1.29, 1.82) is 0 Å². The molecule has 0 amide bonds. The summed E-state index contributed by atoms with van der Waals surface area (Å²) in [5.74, 6) is 0. The third-order valence-corrected chi connectivity index (χ3v) is 4.77. The predicted molar refractivity (Wildman–Crippen MR) is 78.0 cm³/mol. The number of hydrogen-bond acceptors (Lipinski definition) is 3. The SMILES string of the molecule is CCN(CC)CC(C)NC1CCN2CCCC2C1. The first-order valence-corrected chi connectivity index (χ1v) is 7.95. The number of piperidine rings is 1. The molecular formula is C15H31N3. The first-order valence-electron chi connectivity index (χ1n) is 7.95. The summed E-state index contributed by atoms with van der Waals surface area (Å²) in [6.45, 7) is 13.1. The van der Waals surface area contributed by atoms with E-state index in [4.69, 9.17) is 0 Å². The van der Waals surface area contributed by atoms with Gasteiger partial charge >= 0.3 is 0 Å². The fourth-order valence-corrected chi connectivity index (χ4v) is 3.70. The zero-order valence-electron chi connectivity index (χ0n) is 12.5. The van der Waals surface area contributed by atoms with Crippen molar-refractivity contribution >= 4 is 0 Å². The number of rotatable bonds is 6. The minimum absolute atomic E-state index is 0.628. The summed E-state index contributed by atoms with van der Waals surface area (Å²) in [6, 6.07) is 2.27.